The van der Waals surface area contributed by atoms with Crippen LogP contribution in [-0.2, 0) is 4.79 Å². The Morgan fingerprint density at radius 1 is 1.07 bits per heavy atom. The van der Waals surface area contributed by atoms with Crippen LogP contribution in [0.15, 0.2) is 36.4 Å². The van der Waals surface area contributed by atoms with Gasteiger partial charge in [0.25, 0.3) is 11.8 Å². The van der Waals surface area contributed by atoms with Gasteiger partial charge in [-0.3, -0.25) is 19.3 Å². The second-order valence-electron chi connectivity index (χ2n) is 7.06. The van der Waals surface area contributed by atoms with E-state index in [4.69, 9.17) is 6.42 Å². The van der Waals surface area contributed by atoms with Crippen LogP contribution in [0.1, 0.15) is 60.2 Å². The molecule has 28 heavy (non-hydrogen) atoms. The average Bonchev–Trinajstić information content (AvgIpc) is 2.72. The molecule has 2 aromatic carbocycles. The second-order valence-corrected chi connectivity index (χ2v) is 7.06. The minimum absolute atomic E-state index is 0.166. The Morgan fingerprint density at radius 3 is 2.14 bits per heavy atom. The summed E-state index contributed by atoms with van der Waals surface area (Å²) in [5.74, 6) is 1.88. The molecule has 3 rings (SSSR count). The molecule has 0 saturated carbocycles. The first-order valence-corrected chi connectivity index (χ1v) is 9.63. The van der Waals surface area contributed by atoms with Crippen LogP contribution in [0.2, 0.25) is 0 Å². The Balaban J connectivity index is 1.70. The lowest BCUT2D eigenvalue weighted by molar-refractivity contribution is -0.122. The number of terminal acetylenes is 1. The van der Waals surface area contributed by atoms with Crippen LogP contribution < -0.4 is 5.32 Å². The molecule has 1 heterocycles. The van der Waals surface area contributed by atoms with Gasteiger partial charge in [0.15, 0.2) is 0 Å². The third-order valence-corrected chi connectivity index (χ3v) is 5.50. The van der Waals surface area contributed by atoms with E-state index in [2.05, 4.69) is 11.2 Å². The second kappa shape index (κ2) is 7.85. The molecule has 0 atom stereocenters. The summed E-state index contributed by atoms with van der Waals surface area (Å²) in [6.45, 7) is 4.07. The van der Waals surface area contributed by atoms with Crippen molar-refractivity contribution in [2.75, 3.05) is 6.54 Å². The fraction of sp³-hybridized carbons (Fsp3) is 0.348. The van der Waals surface area contributed by atoms with E-state index in [-0.39, 0.29) is 30.7 Å². The molecule has 0 radical (unpaired) electrons. The number of nitrogens with one attached hydrogen (secondary N) is 1. The Morgan fingerprint density at radius 2 is 1.64 bits per heavy atom. The summed E-state index contributed by atoms with van der Waals surface area (Å²) in [5, 5.41) is 4.49. The van der Waals surface area contributed by atoms with Crippen LogP contribution in [0.25, 0.3) is 10.8 Å². The molecular weight excluding hydrogens is 352 g/mol. The Labute approximate surface area is 165 Å². The summed E-state index contributed by atoms with van der Waals surface area (Å²) in [7, 11) is 0. The first kappa shape index (κ1) is 19.6. The van der Waals surface area contributed by atoms with Gasteiger partial charge < -0.3 is 5.32 Å². The van der Waals surface area contributed by atoms with E-state index in [1.165, 1.54) is 4.90 Å². The number of benzene rings is 2. The predicted octanol–water partition coefficient (Wildman–Crippen LogP) is 3.52. The molecule has 0 saturated heterocycles. The molecule has 0 bridgehead atoms. The number of imide groups is 1. The summed E-state index contributed by atoms with van der Waals surface area (Å²) < 4.78 is 0. The van der Waals surface area contributed by atoms with Gasteiger partial charge in [-0.05, 0) is 36.8 Å². The summed E-state index contributed by atoms with van der Waals surface area (Å²) in [5.41, 5.74) is 0.420. The van der Waals surface area contributed by atoms with E-state index < -0.39 is 5.54 Å². The highest BCUT2D eigenvalue weighted by atomic mass is 16.2. The fourth-order valence-electron chi connectivity index (χ4n) is 3.68. The third-order valence-electron chi connectivity index (χ3n) is 5.50. The van der Waals surface area contributed by atoms with E-state index in [1.54, 1.807) is 12.1 Å². The van der Waals surface area contributed by atoms with Crippen LogP contribution in [0.3, 0.4) is 0 Å². The molecule has 0 fully saturated rings. The molecule has 0 unspecified atom stereocenters. The number of carbonyl (C=O) groups excluding carboxylic acids is 3. The Hall–Kier alpha value is -3.13. The van der Waals surface area contributed by atoms with Crippen molar-refractivity contribution in [1.29, 1.82) is 0 Å². The molecule has 1 aliphatic rings. The van der Waals surface area contributed by atoms with Gasteiger partial charge in [0.2, 0.25) is 5.91 Å². The highest BCUT2D eigenvalue weighted by Crippen LogP contribution is 2.30. The van der Waals surface area contributed by atoms with Gasteiger partial charge in [0.1, 0.15) is 5.54 Å². The van der Waals surface area contributed by atoms with Crippen molar-refractivity contribution in [1.82, 2.24) is 10.2 Å². The van der Waals surface area contributed by atoms with Crippen molar-refractivity contribution >= 4 is 28.5 Å². The minimum Gasteiger partial charge on any atom is -0.340 e. The van der Waals surface area contributed by atoms with Gasteiger partial charge in [0, 0.05) is 29.5 Å². The number of hydrogen-bond acceptors (Lipinski definition) is 3. The van der Waals surface area contributed by atoms with E-state index >= 15 is 0 Å². The highest BCUT2D eigenvalue weighted by Gasteiger charge is 2.32. The minimum atomic E-state index is -0.636. The van der Waals surface area contributed by atoms with Crippen LogP contribution in [0.5, 0.6) is 0 Å². The first-order chi connectivity index (χ1) is 13.5. The maximum absolute atomic E-state index is 12.8. The average molecular weight is 376 g/mol. The van der Waals surface area contributed by atoms with E-state index in [0.717, 1.165) is 5.39 Å². The summed E-state index contributed by atoms with van der Waals surface area (Å²) in [4.78, 5) is 39.2. The molecule has 0 aliphatic carbocycles. The topological polar surface area (TPSA) is 66.5 Å². The molecule has 5 heteroatoms. The van der Waals surface area contributed by atoms with Gasteiger partial charge in [-0.1, -0.05) is 44.0 Å². The first-order valence-electron chi connectivity index (χ1n) is 9.63. The van der Waals surface area contributed by atoms with Gasteiger partial charge in [-0.25, -0.2) is 0 Å². The quantitative estimate of drug-likeness (QED) is 0.594. The molecule has 1 aliphatic heterocycles. The van der Waals surface area contributed by atoms with Gasteiger partial charge in [0.05, 0.1) is 0 Å². The van der Waals surface area contributed by atoms with Crippen molar-refractivity contribution in [2.45, 2.75) is 45.1 Å². The largest absolute Gasteiger partial charge is 0.340 e. The lowest BCUT2D eigenvalue weighted by Gasteiger charge is -2.28. The number of nitrogens with zero attached hydrogens (tertiary/aromatic N) is 1. The van der Waals surface area contributed by atoms with Crippen molar-refractivity contribution in [3.63, 3.8) is 0 Å². The highest BCUT2D eigenvalue weighted by molar-refractivity contribution is 6.25. The molecule has 144 valence electrons. The number of amides is 3. The van der Waals surface area contributed by atoms with Crippen LogP contribution >= 0.6 is 0 Å². The number of rotatable bonds is 7. The zero-order valence-corrected chi connectivity index (χ0v) is 16.2. The van der Waals surface area contributed by atoms with E-state index in [1.807, 2.05) is 38.1 Å². The molecule has 3 amide bonds. The van der Waals surface area contributed by atoms with Crippen molar-refractivity contribution in [3.05, 3.63) is 47.5 Å². The Kier molecular flexibility index (Phi) is 5.51. The van der Waals surface area contributed by atoms with E-state index in [9.17, 15) is 14.4 Å². The van der Waals surface area contributed by atoms with Crippen molar-refractivity contribution in [2.24, 2.45) is 0 Å². The normalized spacial score (nSPS) is 13.5. The van der Waals surface area contributed by atoms with Crippen LogP contribution in [0, 0.1) is 12.3 Å². The summed E-state index contributed by atoms with van der Waals surface area (Å²) >= 11 is 0. The van der Waals surface area contributed by atoms with Gasteiger partial charge in [-0.15, -0.1) is 6.42 Å². The smallest absolute Gasteiger partial charge is 0.261 e. The fourth-order valence-corrected chi connectivity index (χ4v) is 3.68. The molecule has 2 aromatic rings. The number of hydrogen-bond donors (Lipinski definition) is 1. The standard InChI is InChI=1S/C23H24N2O3/c1-4-23(5-2,6-3)24-19(26)14-9-15-25-21(27)17-12-7-10-16-11-8-13-18(20(16)17)22(25)28/h1,7-8,10-13H,5-6,9,14-15H2,2-3H3,(H,24,26). The van der Waals surface area contributed by atoms with E-state index in [0.29, 0.717) is 35.8 Å². The predicted molar refractivity (Wildman–Crippen MR) is 109 cm³/mol. The monoisotopic (exact) mass is 376 g/mol. The van der Waals surface area contributed by atoms with Gasteiger partial charge in [-0.2, -0.15) is 0 Å². The molecule has 5 nitrogen and oxygen atoms in total. The zero-order valence-electron chi connectivity index (χ0n) is 16.2. The summed E-state index contributed by atoms with van der Waals surface area (Å²) in [6.07, 6.45) is 7.46. The van der Waals surface area contributed by atoms with Crippen molar-refractivity contribution in [3.8, 4) is 12.3 Å². The SMILES string of the molecule is C#CC(CC)(CC)NC(=O)CCCN1C(=O)c2cccc3cccc(c23)C1=O. The molecule has 0 spiro atoms. The van der Waals surface area contributed by atoms with Crippen molar-refractivity contribution < 1.29 is 14.4 Å². The van der Waals surface area contributed by atoms with Crippen LogP contribution in [0.4, 0.5) is 0 Å². The maximum Gasteiger partial charge on any atom is 0.261 e. The maximum atomic E-state index is 12.8. The summed E-state index contributed by atoms with van der Waals surface area (Å²) in [6, 6.07) is 10.9. The van der Waals surface area contributed by atoms with Crippen LogP contribution in [-0.4, -0.2) is 34.7 Å². The molecule has 0 aromatic heterocycles. The molecule has 1 N–H and O–H groups in total. The third kappa shape index (κ3) is 3.38. The van der Waals surface area contributed by atoms with Gasteiger partial charge >= 0.3 is 0 Å². The molecular formula is C23H24N2O3. The Bertz CT molecular complexity index is 932. The number of carbonyl (C=O) groups is 3. The zero-order chi connectivity index (χ0) is 20.3. The lowest BCUT2D eigenvalue weighted by atomic mass is 9.93. The lowest BCUT2D eigenvalue weighted by Crippen LogP contribution is -2.46.